The summed E-state index contributed by atoms with van der Waals surface area (Å²) in [4.78, 5) is 21.5. The van der Waals surface area contributed by atoms with Crippen molar-refractivity contribution in [3.63, 3.8) is 0 Å². The average Bonchev–Trinajstić information content (AvgIpc) is 3.40. The third-order valence-electron chi connectivity index (χ3n) is 6.74. The van der Waals surface area contributed by atoms with Crippen LogP contribution in [0.2, 0.25) is 0 Å². The molecule has 28 heavy (non-hydrogen) atoms. The number of amides is 1. The summed E-state index contributed by atoms with van der Waals surface area (Å²) in [5, 5.41) is 5.35. The van der Waals surface area contributed by atoms with E-state index in [0.717, 1.165) is 31.4 Å². The van der Waals surface area contributed by atoms with E-state index in [4.69, 9.17) is 4.74 Å². The maximum absolute atomic E-state index is 13.3. The van der Waals surface area contributed by atoms with Crippen LogP contribution in [0, 0.1) is 12.3 Å². The van der Waals surface area contributed by atoms with E-state index in [1.807, 2.05) is 6.07 Å². The van der Waals surface area contributed by atoms with Gasteiger partial charge in [-0.3, -0.25) is 9.69 Å². The summed E-state index contributed by atoms with van der Waals surface area (Å²) in [6.07, 6.45) is 5.85. The van der Waals surface area contributed by atoms with Crippen LogP contribution in [0.5, 0.6) is 5.88 Å². The van der Waals surface area contributed by atoms with Crippen molar-refractivity contribution in [1.82, 2.24) is 15.2 Å². The van der Waals surface area contributed by atoms with Gasteiger partial charge in [0.05, 0.1) is 19.1 Å². The summed E-state index contributed by atoms with van der Waals surface area (Å²) in [6, 6.07) is 6.90. The van der Waals surface area contributed by atoms with Crippen molar-refractivity contribution in [3.05, 3.63) is 45.8 Å². The highest BCUT2D eigenvalue weighted by atomic mass is 32.1. The lowest BCUT2D eigenvalue weighted by molar-refractivity contribution is -0.133. The smallest absolute Gasteiger partial charge is 0.228 e. The van der Waals surface area contributed by atoms with Crippen LogP contribution >= 0.6 is 11.3 Å². The fourth-order valence-electron chi connectivity index (χ4n) is 5.18. The second-order valence-corrected chi connectivity index (χ2v) is 9.02. The highest BCUT2D eigenvalue weighted by Crippen LogP contribution is 2.52. The molecule has 2 aliphatic rings. The normalized spacial score (nSPS) is 26.5. The molecule has 2 aliphatic heterocycles. The summed E-state index contributed by atoms with van der Waals surface area (Å²) < 4.78 is 5.45. The van der Waals surface area contributed by atoms with E-state index in [1.54, 1.807) is 24.6 Å². The van der Waals surface area contributed by atoms with Crippen LogP contribution in [0.25, 0.3) is 0 Å². The number of carbonyl (C=O) groups excluding carboxylic acids is 1. The number of nitrogens with one attached hydrogen (secondary N) is 1. The Morgan fingerprint density at radius 2 is 2.29 bits per heavy atom. The number of methoxy groups -OCH3 is 1. The number of pyridine rings is 1. The van der Waals surface area contributed by atoms with Gasteiger partial charge in [-0.2, -0.15) is 0 Å². The van der Waals surface area contributed by atoms with Gasteiger partial charge in [-0.25, -0.2) is 4.98 Å². The van der Waals surface area contributed by atoms with Gasteiger partial charge in [0.25, 0.3) is 0 Å². The first-order chi connectivity index (χ1) is 13.6. The summed E-state index contributed by atoms with van der Waals surface area (Å²) in [6.45, 7) is 5.71. The Morgan fingerprint density at radius 3 is 3.00 bits per heavy atom. The fraction of sp³-hybridized carbons (Fsp3) is 0.545. The van der Waals surface area contributed by atoms with Crippen molar-refractivity contribution in [1.29, 1.82) is 0 Å². The molecule has 5 nitrogen and oxygen atoms in total. The van der Waals surface area contributed by atoms with Crippen LogP contribution in [0.3, 0.4) is 0 Å². The highest BCUT2D eigenvalue weighted by molar-refractivity contribution is 7.10. The minimum absolute atomic E-state index is 0.221. The molecular weight excluding hydrogens is 370 g/mol. The van der Waals surface area contributed by atoms with Gasteiger partial charge in [-0.1, -0.05) is 13.0 Å². The molecule has 2 saturated heterocycles. The standard InChI is InChI=1S/C22H29N3O2S/c1-4-22(21(26)24-13-18-15(2)9-11-28-18)12-17-7-8-19(22)25(17)14-16-6-5-10-23-20(16)27-3/h5-6,9-11,17,19H,4,7-8,12-14H2,1-3H3,(H,24,26)/t17-,19+,22+/m0/s1. The van der Waals surface area contributed by atoms with Crippen molar-refractivity contribution in [2.45, 2.75) is 64.7 Å². The number of carbonyl (C=O) groups is 1. The van der Waals surface area contributed by atoms with Crippen LogP contribution in [0.1, 0.15) is 48.6 Å². The van der Waals surface area contributed by atoms with Crippen molar-refractivity contribution in [2.75, 3.05) is 7.11 Å². The minimum Gasteiger partial charge on any atom is -0.481 e. The van der Waals surface area contributed by atoms with E-state index in [2.05, 4.69) is 46.6 Å². The number of fused-ring (bicyclic) bond motifs is 2. The molecule has 6 heteroatoms. The molecule has 2 fully saturated rings. The zero-order chi connectivity index (χ0) is 19.7. The molecule has 4 heterocycles. The molecular formula is C22H29N3O2S. The number of hydrogen-bond donors (Lipinski definition) is 1. The van der Waals surface area contributed by atoms with Gasteiger partial charge < -0.3 is 10.1 Å². The number of ether oxygens (including phenoxy) is 1. The van der Waals surface area contributed by atoms with Crippen molar-refractivity contribution in [2.24, 2.45) is 5.41 Å². The van der Waals surface area contributed by atoms with Crippen molar-refractivity contribution < 1.29 is 9.53 Å². The SMILES string of the molecule is CC[C@@]1(C(=O)NCc2sccc2C)C[C@@H]2CC[C@H]1N2Cc1cccnc1OC. The van der Waals surface area contributed by atoms with Gasteiger partial charge in [-0.15, -0.1) is 11.3 Å². The van der Waals surface area contributed by atoms with Crippen LogP contribution in [-0.2, 0) is 17.9 Å². The largest absolute Gasteiger partial charge is 0.481 e. The summed E-state index contributed by atoms with van der Waals surface area (Å²) in [5.74, 6) is 0.909. The number of hydrogen-bond acceptors (Lipinski definition) is 5. The van der Waals surface area contributed by atoms with E-state index < -0.39 is 0 Å². The van der Waals surface area contributed by atoms with Gasteiger partial charge in [0.2, 0.25) is 11.8 Å². The van der Waals surface area contributed by atoms with Crippen LogP contribution in [0.4, 0.5) is 0 Å². The Morgan fingerprint density at radius 1 is 1.43 bits per heavy atom. The lowest BCUT2D eigenvalue weighted by atomic mass is 9.71. The van der Waals surface area contributed by atoms with Crippen molar-refractivity contribution >= 4 is 17.2 Å². The monoisotopic (exact) mass is 399 g/mol. The number of aryl methyl sites for hydroxylation is 1. The second-order valence-electron chi connectivity index (χ2n) is 8.01. The Balaban J connectivity index is 1.51. The second kappa shape index (κ2) is 7.84. The molecule has 2 aromatic heterocycles. The number of rotatable bonds is 7. The molecule has 0 aromatic carbocycles. The average molecular weight is 400 g/mol. The number of thiophene rings is 1. The Bertz CT molecular complexity index is 852. The first kappa shape index (κ1) is 19.4. The zero-order valence-corrected chi connectivity index (χ0v) is 17.7. The summed E-state index contributed by atoms with van der Waals surface area (Å²) in [7, 11) is 1.67. The predicted octanol–water partition coefficient (Wildman–Crippen LogP) is 3.91. The van der Waals surface area contributed by atoms with Gasteiger partial charge in [0, 0.05) is 35.3 Å². The van der Waals surface area contributed by atoms with E-state index >= 15 is 0 Å². The van der Waals surface area contributed by atoms with Crippen molar-refractivity contribution in [3.8, 4) is 5.88 Å². The van der Waals surface area contributed by atoms with E-state index in [-0.39, 0.29) is 17.4 Å². The van der Waals surface area contributed by atoms with E-state index in [0.29, 0.717) is 18.5 Å². The summed E-state index contributed by atoms with van der Waals surface area (Å²) >= 11 is 1.72. The first-order valence-corrected chi connectivity index (χ1v) is 11.0. The van der Waals surface area contributed by atoms with Crippen LogP contribution in [0.15, 0.2) is 29.8 Å². The van der Waals surface area contributed by atoms with Gasteiger partial charge >= 0.3 is 0 Å². The maximum Gasteiger partial charge on any atom is 0.228 e. The Hall–Kier alpha value is -1.92. The Labute approximate surface area is 171 Å². The molecule has 150 valence electrons. The lowest BCUT2D eigenvalue weighted by Gasteiger charge is -2.35. The maximum atomic E-state index is 13.3. The van der Waals surface area contributed by atoms with Gasteiger partial charge in [0.1, 0.15) is 0 Å². The third-order valence-corrected chi connectivity index (χ3v) is 7.76. The molecule has 3 atom stereocenters. The fourth-order valence-corrected chi connectivity index (χ4v) is 6.02. The number of nitrogens with zero attached hydrogens (tertiary/aromatic N) is 2. The lowest BCUT2D eigenvalue weighted by Crippen LogP contribution is -2.48. The topological polar surface area (TPSA) is 54.5 Å². The molecule has 1 amide bonds. The predicted molar refractivity (Wildman–Crippen MR) is 111 cm³/mol. The number of aromatic nitrogens is 1. The minimum atomic E-state index is -0.288. The first-order valence-electron chi connectivity index (χ1n) is 10.1. The Kier molecular flexibility index (Phi) is 5.43. The molecule has 0 aliphatic carbocycles. The van der Waals surface area contributed by atoms with Crippen LogP contribution < -0.4 is 10.1 Å². The molecule has 1 N–H and O–H groups in total. The molecule has 2 aromatic rings. The van der Waals surface area contributed by atoms with Crippen LogP contribution in [-0.4, -0.2) is 35.0 Å². The van der Waals surface area contributed by atoms with Gasteiger partial charge in [-0.05, 0) is 55.7 Å². The zero-order valence-electron chi connectivity index (χ0n) is 16.9. The molecule has 0 unspecified atom stereocenters. The quantitative estimate of drug-likeness (QED) is 0.767. The summed E-state index contributed by atoms with van der Waals surface area (Å²) in [5.41, 5.74) is 2.07. The van der Waals surface area contributed by atoms with Gasteiger partial charge in [0.15, 0.2) is 0 Å². The van der Waals surface area contributed by atoms with E-state index in [1.165, 1.54) is 16.9 Å². The highest BCUT2D eigenvalue weighted by Gasteiger charge is 2.58. The molecule has 0 spiro atoms. The molecule has 0 radical (unpaired) electrons. The molecule has 2 bridgehead atoms. The molecule has 0 saturated carbocycles. The third kappa shape index (κ3) is 3.22. The van der Waals surface area contributed by atoms with E-state index in [9.17, 15) is 4.79 Å². The molecule has 4 rings (SSSR count).